The summed E-state index contributed by atoms with van der Waals surface area (Å²) in [6.45, 7) is 0. The zero-order valence-corrected chi connectivity index (χ0v) is 11.8. The Balaban J connectivity index is 2.06. The van der Waals surface area contributed by atoms with Crippen molar-refractivity contribution >= 4 is 21.0 Å². The van der Waals surface area contributed by atoms with Crippen LogP contribution in [0.4, 0.5) is 0 Å². The number of fused-ring (bicyclic) bond motifs is 1. The van der Waals surface area contributed by atoms with Crippen molar-refractivity contribution in [1.29, 1.82) is 0 Å². The third-order valence-corrected chi connectivity index (χ3v) is 4.15. The Hall–Kier alpha value is -2.28. The fourth-order valence-electron chi connectivity index (χ4n) is 1.90. The maximum absolute atomic E-state index is 11.4. The minimum Gasteiger partial charge on any atom is -0.331 e. The van der Waals surface area contributed by atoms with Crippen LogP contribution in [0.3, 0.4) is 0 Å². The molecule has 0 fully saturated rings. The van der Waals surface area contributed by atoms with E-state index in [-0.39, 0.29) is 4.90 Å². The fourth-order valence-corrected chi connectivity index (χ4v) is 2.53. The molecule has 2 aromatic heterocycles. The lowest BCUT2D eigenvalue weighted by Crippen LogP contribution is -1.97. The van der Waals surface area contributed by atoms with Gasteiger partial charge in [0.25, 0.3) is 0 Å². The molecule has 0 saturated heterocycles. The van der Waals surface area contributed by atoms with Gasteiger partial charge in [-0.3, -0.25) is 0 Å². The molecule has 7 heteroatoms. The molecular weight excluding hydrogens is 276 g/mol. The average Bonchev–Trinajstić information content (AvgIpc) is 2.79. The predicted molar refractivity (Wildman–Crippen MR) is 74.8 cm³/mol. The van der Waals surface area contributed by atoms with E-state index in [1.54, 1.807) is 36.8 Å². The number of hydrogen-bond donors (Lipinski definition) is 0. The van der Waals surface area contributed by atoms with Crippen LogP contribution in [-0.4, -0.2) is 34.2 Å². The van der Waals surface area contributed by atoms with Crippen molar-refractivity contribution in [1.82, 2.24) is 19.5 Å². The SMILES string of the molecule is Cn1cnc2nc(-c3ccc(S(C)(=O)=O)cc3)ncc21. The molecule has 3 rings (SSSR count). The molecule has 20 heavy (non-hydrogen) atoms. The second kappa shape index (κ2) is 4.38. The Kier molecular flexibility index (Phi) is 2.79. The highest BCUT2D eigenvalue weighted by molar-refractivity contribution is 7.90. The Bertz CT molecular complexity index is 882. The molecule has 102 valence electrons. The van der Waals surface area contributed by atoms with E-state index in [9.17, 15) is 8.42 Å². The van der Waals surface area contributed by atoms with Gasteiger partial charge in [0.2, 0.25) is 0 Å². The summed E-state index contributed by atoms with van der Waals surface area (Å²) in [5.41, 5.74) is 2.22. The number of hydrogen-bond acceptors (Lipinski definition) is 5. The van der Waals surface area contributed by atoms with Gasteiger partial charge in [0.05, 0.1) is 17.4 Å². The van der Waals surface area contributed by atoms with Gasteiger partial charge < -0.3 is 4.57 Å². The summed E-state index contributed by atoms with van der Waals surface area (Å²) in [6, 6.07) is 6.49. The van der Waals surface area contributed by atoms with Crippen molar-refractivity contribution < 1.29 is 8.42 Å². The molecule has 0 spiro atoms. The zero-order valence-electron chi connectivity index (χ0n) is 11.0. The van der Waals surface area contributed by atoms with Gasteiger partial charge in [0.15, 0.2) is 21.3 Å². The number of aryl methyl sites for hydroxylation is 1. The molecule has 2 heterocycles. The van der Waals surface area contributed by atoms with Crippen LogP contribution < -0.4 is 0 Å². The molecule has 0 aliphatic rings. The third-order valence-electron chi connectivity index (χ3n) is 3.02. The number of sulfone groups is 1. The number of benzene rings is 1. The lowest BCUT2D eigenvalue weighted by Gasteiger charge is -2.02. The number of aromatic nitrogens is 4. The maximum Gasteiger partial charge on any atom is 0.181 e. The molecule has 6 nitrogen and oxygen atoms in total. The van der Waals surface area contributed by atoms with Crippen LogP contribution in [0, 0.1) is 0 Å². The fraction of sp³-hybridized carbons (Fsp3) is 0.154. The van der Waals surface area contributed by atoms with E-state index in [0.717, 1.165) is 11.1 Å². The van der Waals surface area contributed by atoms with Crippen LogP contribution in [-0.2, 0) is 16.9 Å². The highest BCUT2D eigenvalue weighted by Crippen LogP contribution is 2.19. The topological polar surface area (TPSA) is 77.7 Å². The Morgan fingerprint density at radius 1 is 1.10 bits per heavy atom. The van der Waals surface area contributed by atoms with Crippen molar-refractivity contribution in [2.45, 2.75) is 4.90 Å². The predicted octanol–water partition coefficient (Wildman–Crippen LogP) is 1.43. The van der Waals surface area contributed by atoms with E-state index in [0.29, 0.717) is 11.5 Å². The molecule has 1 aromatic carbocycles. The van der Waals surface area contributed by atoms with Gasteiger partial charge in [-0.05, 0) is 24.3 Å². The Morgan fingerprint density at radius 2 is 1.80 bits per heavy atom. The van der Waals surface area contributed by atoms with Gasteiger partial charge in [-0.15, -0.1) is 0 Å². The lowest BCUT2D eigenvalue weighted by atomic mass is 10.2. The first-order chi connectivity index (χ1) is 9.45. The molecule has 0 unspecified atom stereocenters. The smallest absolute Gasteiger partial charge is 0.181 e. The summed E-state index contributed by atoms with van der Waals surface area (Å²) in [4.78, 5) is 13.1. The molecule has 0 atom stereocenters. The molecule has 0 radical (unpaired) electrons. The monoisotopic (exact) mass is 288 g/mol. The molecular formula is C13H12N4O2S. The average molecular weight is 288 g/mol. The minimum absolute atomic E-state index is 0.278. The largest absolute Gasteiger partial charge is 0.331 e. The van der Waals surface area contributed by atoms with Crippen molar-refractivity contribution in [3.05, 3.63) is 36.8 Å². The van der Waals surface area contributed by atoms with Crippen LogP contribution >= 0.6 is 0 Å². The third kappa shape index (κ3) is 2.16. The first kappa shape index (κ1) is 12.7. The van der Waals surface area contributed by atoms with Crippen LogP contribution in [0.1, 0.15) is 0 Å². The van der Waals surface area contributed by atoms with Crippen LogP contribution in [0.2, 0.25) is 0 Å². The molecule has 0 aliphatic carbocycles. The van der Waals surface area contributed by atoms with E-state index in [1.165, 1.54) is 6.26 Å². The van der Waals surface area contributed by atoms with Crippen LogP contribution in [0.5, 0.6) is 0 Å². The van der Waals surface area contributed by atoms with Crippen LogP contribution in [0.25, 0.3) is 22.6 Å². The molecule has 3 aromatic rings. The summed E-state index contributed by atoms with van der Waals surface area (Å²) in [5.74, 6) is 0.524. The van der Waals surface area contributed by atoms with E-state index < -0.39 is 9.84 Å². The Morgan fingerprint density at radius 3 is 2.45 bits per heavy atom. The molecule has 0 aliphatic heterocycles. The van der Waals surface area contributed by atoms with E-state index in [1.807, 2.05) is 11.6 Å². The number of rotatable bonds is 2. The molecule has 0 saturated carbocycles. The summed E-state index contributed by atoms with van der Waals surface area (Å²) < 4.78 is 24.7. The second-order valence-electron chi connectivity index (χ2n) is 4.55. The highest BCUT2D eigenvalue weighted by atomic mass is 32.2. The van der Waals surface area contributed by atoms with Gasteiger partial charge in [-0.1, -0.05) is 0 Å². The van der Waals surface area contributed by atoms with Crippen molar-refractivity contribution in [3.8, 4) is 11.4 Å². The normalized spacial score (nSPS) is 11.9. The summed E-state index contributed by atoms with van der Waals surface area (Å²) in [6.07, 6.45) is 4.56. The molecule has 0 N–H and O–H groups in total. The standard InChI is InChI=1S/C13H12N4O2S/c1-17-8-15-13-11(17)7-14-12(16-13)9-3-5-10(6-4-9)20(2,18)19/h3-8H,1-2H3. The highest BCUT2D eigenvalue weighted by Gasteiger charge is 2.09. The van der Waals surface area contributed by atoms with Gasteiger partial charge >= 0.3 is 0 Å². The molecule has 0 bridgehead atoms. The van der Waals surface area contributed by atoms with Crippen molar-refractivity contribution in [2.24, 2.45) is 7.05 Å². The van der Waals surface area contributed by atoms with Gasteiger partial charge in [-0.2, -0.15) is 0 Å². The first-order valence-corrected chi connectivity index (χ1v) is 7.79. The van der Waals surface area contributed by atoms with Crippen molar-refractivity contribution in [2.75, 3.05) is 6.26 Å². The van der Waals surface area contributed by atoms with E-state index >= 15 is 0 Å². The lowest BCUT2D eigenvalue weighted by molar-refractivity contribution is 0.602. The number of nitrogens with zero attached hydrogens (tertiary/aromatic N) is 4. The zero-order chi connectivity index (χ0) is 14.3. The summed E-state index contributed by atoms with van der Waals surface area (Å²) in [7, 11) is -1.32. The van der Waals surface area contributed by atoms with Gasteiger partial charge in [0, 0.05) is 18.9 Å². The Labute approximate surface area is 116 Å². The minimum atomic E-state index is -3.19. The van der Waals surface area contributed by atoms with E-state index in [4.69, 9.17) is 0 Å². The quantitative estimate of drug-likeness (QED) is 0.713. The number of imidazole rings is 1. The van der Waals surface area contributed by atoms with E-state index in [2.05, 4.69) is 15.0 Å². The van der Waals surface area contributed by atoms with Gasteiger partial charge in [-0.25, -0.2) is 23.4 Å². The second-order valence-corrected chi connectivity index (χ2v) is 6.57. The maximum atomic E-state index is 11.4. The first-order valence-electron chi connectivity index (χ1n) is 5.90. The van der Waals surface area contributed by atoms with Crippen molar-refractivity contribution in [3.63, 3.8) is 0 Å². The van der Waals surface area contributed by atoms with Gasteiger partial charge in [0.1, 0.15) is 5.52 Å². The summed E-state index contributed by atoms with van der Waals surface area (Å²) >= 11 is 0. The molecule has 0 amide bonds. The van der Waals surface area contributed by atoms with Crippen LogP contribution in [0.15, 0.2) is 41.7 Å². The summed E-state index contributed by atoms with van der Waals surface area (Å²) in [5, 5.41) is 0.